The van der Waals surface area contributed by atoms with Crippen molar-refractivity contribution in [3.05, 3.63) is 51.6 Å². The molecule has 1 aliphatic heterocycles. The molecule has 176 valence electrons. The third kappa shape index (κ3) is 4.21. The number of hydrogen-bond donors (Lipinski definition) is 2. The summed E-state index contributed by atoms with van der Waals surface area (Å²) in [4.78, 5) is 11.3. The van der Waals surface area contributed by atoms with E-state index >= 15 is 0 Å². The van der Waals surface area contributed by atoms with Crippen LogP contribution in [0.25, 0.3) is 0 Å². The van der Waals surface area contributed by atoms with Crippen molar-refractivity contribution in [3.63, 3.8) is 0 Å². The minimum absolute atomic E-state index is 0.111. The number of benzene rings is 1. The summed E-state index contributed by atoms with van der Waals surface area (Å²) in [7, 11) is 0. The molecule has 4 fully saturated rings. The Kier molecular flexibility index (Phi) is 5.70. The Labute approximate surface area is 203 Å². The summed E-state index contributed by atoms with van der Waals surface area (Å²) in [6, 6.07) is 5.09. The highest BCUT2D eigenvalue weighted by atomic mass is 79.9. The molecule has 7 rings (SSSR count). The Morgan fingerprint density at radius 2 is 1.88 bits per heavy atom. The predicted molar refractivity (Wildman–Crippen MR) is 129 cm³/mol. The smallest absolute Gasteiger partial charge is 0.133 e. The van der Waals surface area contributed by atoms with E-state index in [-0.39, 0.29) is 17.3 Å². The third-order valence-electron chi connectivity index (χ3n) is 8.74. The molecule has 0 spiro atoms. The third-order valence-corrected chi connectivity index (χ3v) is 9.24. The van der Waals surface area contributed by atoms with E-state index in [1.165, 1.54) is 44.6 Å². The Hall–Kier alpha value is -1.57. The predicted octanol–water partition coefficient (Wildman–Crippen LogP) is 4.93. The lowest BCUT2D eigenvalue weighted by Gasteiger charge is -2.58. The molecule has 5 nitrogen and oxygen atoms in total. The van der Waals surface area contributed by atoms with Crippen molar-refractivity contribution in [1.29, 1.82) is 0 Å². The van der Waals surface area contributed by atoms with E-state index < -0.39 is 0 Å². The lowest BCUT2D eigenvalue weighted by Crippen LogP contribution is -2.53. The van der Waals surface area contributed by atoms with Gasteiger partial charge in [-0.25, -0.2) is 14.4 Å². The zero-order valence-electron chi connectivity index (χ0n) is 18.9. The number of nitrogens with zero attached hydrogens (tertiary/aromatic N) is 3. The molecule has 4 aliphatic carbocycles. The maximum Gasteiger partial charge on any atom is 0.133 e. The summed E-state index contributed by atoms with van der Waals surface area (Å²) in [6.07, 6.45) is 9.87. The second kappa shape index (κ2) is 8.58. The maximum atomic E-state index is 14.2. The molecule has 5 aliphatic rings. The van der Waals surface area contributed by atoms with Crippen molar-refractivity contribution in [1.82, 2.24) is 14.9 Å². The summed E-state index contributed by atoms with van der Waals surface area (Å²) < 4.78 is 15.1. The zero-order valence-corrected chi connectivity index (χ0v) is 20.5. The van der Waals surface area contributed by atoms with Gasteiger partial charge in [0.2, 0.25) is 0 Å². The lowest BCUT2D eigenvalue weighted by atomic mass is 9.48. The van der Waals surface area contributed by atoms with Crippen LogP contribution in [0.4, 0.5) is 10.2 Å². The van der Waals surface area contributed by atoms with Gasteiger partial charge in [0.25, 0.3) is 0 Å². The second-order valence-corrected chi connectivity index (χ2v) is 11.9. The molecule has 1 unspecified atom stereocenters. The van der Waals surface area contributed by atoms with Gasteiger partial charge in [0.1, 0.15) is 18.0 Å². The molecule has 7 heteroatoms. The molecular formula is C26H32BrFN4O. The van der Waals surface area contributed by atoms with Crippen molar-refractivity contribution in [2.75, 3.05) is 18.4 Å². The number of fused-ring (bicyclic) bond motifs is 1. The molecule has 4 saturated carbocycles. The van der Waals surface area contributed by atoms with E-state index in [1.807, 2.05) is 6.07 Å². The quantitative estimate of drug-likeness (QED) is 0.572. The van der Waals surface area contributed by atoms with Gasteiger partial charge in [-0.1, -0.05) is 15.9 Å². The Balaban J connectivity index is 1.12. The van der Waals surface area contributed by atoms with Crippen LogP contribution >= 0.6 is 15.9 Å². The number of aliphatic hydroxyl groups excluding tert-OH is 1. The molecule has 1 atom stereocenters. The number of rotatable bonds is 6. The molecule has 0 saturated heterocycles. The Bertz CT molecular complexity index is 1010. The first kappa shape index (κ1) is 21.9. The molecule has 0 amide bonds. The van der Waals surface area contributed by atoms with Crippen LogP contribution in [0.5, 0.6) is 0 Å². The summed E-state index contributed by atoms with van der Waals surface area (Å²) in [5, 5.41) is 14.8. The molecule has 1 aromatic carbocycles. The van der Waals surface area contributed by atoms with Gasteiger partial charge in [-0.3, -0.25) is 4.90 Å². The van der Waals surface area contributed by atoms with Gasteiger partial charge in [-0.2, -0.15) is 0 Å². The molecule has 0 radical (unpaired) electrons. The number of aromatic nitrogens is 2. The van der Waals surface area contributed by atoms with E-state index in [4.69, 9.17) is 0 Å². The van der Waals surface area contributed by atoms with E-state index in [0.717, 1.165) is 52.3 Å². The fraction of sp³-hybridized carbons (Fsp3) is 0.615. The van der Waals surface area contributed by atoms with Gasteiger partial charge in [-0.05, 0) is 86.3 Å². The van der Waals surface area contributed by atoms with Crippen LogP contribution in [0, 0.1) is 29.0 Å². The molecule has 4 bridgehead atoms. The number of halogens is 2. The Morgan fingerprint density at radius 1 is 1.15 bits per heavy atom. The Morgan fingerprint density at radius 3 is 2.61 bits per heavy atom. The van der Waals surface area contributed by atoms with Gasteiger partial charge in [-0.15, -0.1) is 0 Å². The average Bonchev–Trinajstić information content (AvgIpc) is 2.79. The molecule has 2 aromatic rings. The number of nitrogens with one attached hydrogen (secondary N) is 1. The topological polar surface area (TPSA) is 61.3 Å². The van der Waals surface area contributed by atoms with Gasteiger partial charge in [0.05, 0.1) is 11.8 Å². The number of hydrogen-bond acceptors (Lipinski definition) is 5. The summed E-state index contributed by atoms with van der Waals surface area (Å²) in [5.41, 5.74) is 2.94. The summed E-state index contributed by atoms with van der Waals surface area (Å²) >= 11 is 3.44. The van der Waals surface area contributed by atoms with Gasteiger partial charge < -0.3 is 10.4 Å². The van der Waals surface area contributed by atoms with E-state index in [2.05, 4.69) is 36.1 Å². The van der Waals surface area contributed by atoms with Crippen LogP contribution in [-0.4, -0.2) is 39.2 Å². The largest absolute Gasteiger partial charge is 0.391 e. The van der Waals surface area contributed by atoms with Crippen LogP contribution in [0.3, 0.4) is 0 Å². The van der Waals surface area contributed by atoms with Crippen LogP contribution in [0.15, 0.2) is 29.0 Å². The van der Waals surface area contributed by atoms with Crippen molar-refractivity contribution < 1.29 is 9.50 Å². The molecular weight excluding hydrogens is 483 g/mol. The SMILES string of the molecule is OC(CNc1ncnc2c1CCN(Cc1cc(Br)ccc1F)C2)C12CC3CC(CC(C3)C1)C2. The molecule has 1 aromatic heterocycles. The van der Waals surface area contributed by atoms with Gasteiger partial charge in [0, 0.05) is 41.8 Å². The highest BCUT2D eigenvalue weighted by Crippen LogP contribution is 2.61. The first-order valence-corrected chi connectivity index (χ1v) is 13.2. The maximum absolute atomic E-state index is 14.2. The van der Waals surface area contributed by atoms with Gasteiger partial charge in [0.15, 0.2) is 0 Å². The minimum atomic E-state index is -0.323. The van der Waals surface area contributed by atoms with Crippen LogP contribution < -0.4 is 5.32 Å². The van der Waals surface area contributed by atoms with Crippen LogP contribution in [-0.2, 0) is 19.5 Å². The molecule has 33 heavy (non-hydrogen) atoms. The summed E-state index contributed by atoms with van der Waals surface area (Å²) in [6.45, 7) is 2.62. The van der Waals surface area contributed by atoms with Crippen molar-refractivity contribution in [2.45, 2.75) is 64.1 Å². The second-order valence-electron chi connectivity index (χ2n) is 11.0. The minimum Gasteiger partial charge on any atom is -0.391 e. The number of aliphatic hydroxyl groups is 1. The van der Waals surface area contributed by atoms with Crippen molar-refractivity contribution in [2.24, 2.45) is 23.2 Å². The monoisotopic (exact) mass is 514 g/mol. The molecule has 2 heterocycles. The number of anilines is 1. The van der Waals surface area contributed by atoms with E-state index in [9.17, 15) is 9.50 Å². The lowest BCUT2D eigenvalue weighted by molar-refractivity contribution is -0.115. The fourth-order valence-corrected chi connectivity index (χ4v) is 8.01. The fourth-order valence-electron chi connectivity index (χ4n) is 7.60. The first-order chi connectivity index (χ1) is 16.0. The van der Waals surface area contributed by atoms with Crippen molar-refractivity contribution >= 4 is 21.7 Å². The van der Waals surface area contributed by atoms with Crippen LogP contribution in [0.1, 0.15) is 55.3 Å². The van der Waals surface area contributed by atoms with E-state index in [1.54, 1.807) is 12.4 Å². The highest BCUT2D eigenvalue weighted by molar-refractivity contribution is 9.10. The van der Waals surface area contributed by atoms with Crippen molar-refractivity contribution in [3.8, 4) is 0 Å². The average molecular weight is 515 g/mol. The van der Waals surface area contributed by atoms with Crippen LogP contribution in [0.2, 0.25) is 0 Å². The standard InChI is InChI=1S/C26H32BrFN4O/c27-20-1-2-22(28)19(8-20)13-32-4-3-21-23(14-32)30-15-31-25(21)29-12-24(33)26-9-16-5-17(10-26)7-18(6-16)11-26/h1-2,8,15-18,24,33H,3-7,9-14H2,(H,29,30,31). The zero-order chi connectivity index (χ0) is 22.6. The summed E-state index contributed by atoms with van der Waals surface area (Å²) in [5.74, 6) is 3.18. The van der Waals surface area contributed by atoms with Gasteiger partial charge >= 0.3 is 0 Å². The molecule has 2 N–H and O–H groups in total. The first-order valence-electron chi connectivity index (χ1n) is 12.4. The normalized spacial score (nSPS) is 31.4. The van der Waals surface area contributed by atoms with E-state index in [0.29, 0.717) is 25.2 Å². The highest BCUT2D eigenvalue weighted by Gasteiger charge is 2.53.